The van der Waals surface area contributed by atoms with Crippen molar-refractivity contribution in [2.75, 3.05) is 6.54 Å². The predicted molar refractivity (Wildman–Crippen MR) is 80.5 cm³/mol. The number of ether oxygens (including phenoxy) is 1. The van der Waals surface area contributed by atoms with Gasteiger partial charge < -0.3 is 10.1 Å². The summed E-state index contributed by atoms with van der Waals surface area (Å²) < 4.78 is 5.84. The Morgan fingerprint density at radius 3 is 2.68 bits per heavy atom. The Morgan fingerprint density at radius 1 is 1.21 bits per heavy atom. The number of benzene rings is 1. The fourth-order valence-corrected chi connectivity index (χ4v) is 2.85. The van der Waals surface area contributed by atoms with Gasteiger partial charge in [0, 0.05) is 12.1 Å². The smallest absolute Gasteiger partial charge is 0.124 e. The average molecular weight is 261 g/mol. The molecule has 0 unspecified atom stereocenters. The van der Waals surface area contributed by atoms with E-state index in [2.05, 4.69) is 37.4 Å². The topological polar surface area (TPSA) is 21.3 Å². The zero-order chi connectivity index (χ0) is 13.5. The Kier molecular flexibility index (Phi) is 5.71. The van der Waals surface area contributed by atoms with Gasteiger partial charge in [0.05, 0.1) is 6.10 Å². The summed E-state index contributed by atoms with van der Waals surface area (Å²) in [5, 5.41) is 3.56. The van der Waals surface area contributed by atoms with E-state index >= 15 is 0 Å². The first kappa shape index (κ1) is 14.4. The monoisotopic (exact) mass is 261 g/mol. The van der Waals surface area contributed by atoms with Gasteiger partial charge in [-0.25, -0.2) is 0 Å². The second kappa shape index (κ2) is 7.54. The number of hydrogen-bond donors (Lipinski definition) is 1. The van der Waals surface area contributed by atoms with E-state index in [1.165, 1.54) is 37.7 Å². The van der Waals surface area contributed by atoms with Crippen molar-refractivity contribution in [1.82, 2.24) is 5.32 Å². The summed E-state index contributed by atoms with van der Waals surface area (Å²) in [7, 11) is 0. The molecule has 1 aromatic carbocycles. The van der Waals surface area contributed by atoms with E-state index in [1.807, 2.05) is 6.07 Å². The second-order valence-electron chi connectivity index (χ2n) is 5.89. The van der Waals surface area contributed by atoms with Crippen LogP contribution in [-0.2, 0) is 6.54 Å². The number of hydrogen-bond acceptors (Lipinski definition) is 2. The minimum Gasteiger partial charge on any atom is -0.491 e. The van der Waals surface area contributed by atoms with Gasteiger partial charge in [-0.15, -0.1) is 0 Å². The Bertz CT molecular complexity index is 369. The van der Waals surface area contributed by atoms with E-state index in [1.54, 1.807) is 0 Å². The van der Waals surface area contributed by atoms with E-state index < -0.39 is 0 Å². The first-order chi connectivity index (χ1) is 9.25. The second-order valence-corrected chi connectivity index (χ2v) is 5.89. The minimum absolute atomic E-state index is 0.236. The molecule has 1 saturated carbocycles. The third-order valence-corrected chi connectivity index (χ3v) is 3.85. The molecule has 1 fully saturated rings. The van der Waals surface area contributed by atoms with Crippen molar-refractivity contribution < 1.29 is 4.74 Å². The summed E-state index contributed by atoms with van der Waals surface area (Å²) in [5.74, 6) is 1.99. The van der Waals surface area contributed by atoms with E-state index in [0.29, 0.717) is 0 Å². The molecule has 1 aliphatic carbocycles. The third kappa shape index (κ3) is 4.87. The van der Waals surface area contributed by atoms with Crippen LogP contribution < -0.4 is 10.1 Å². The van der Waals surface area contributed by atoms with Crippen molar-refractivity contribution in [3.05, 3.63) is 29.8 Å². The molecule has 1 aliphatic rings. The highest BCUT2D eigenvalue weighted by Crippen LogP contribution is 2.27. The molecule has 2 rings (SSSR count). The first-order valence-corrected chi connectivity index (χ1v) is 7.71. The summed E-state index contributed by atoms with van der Waals surface area (Å²) >= 11 is 0. The quantitative estimate of drug-likeness (QED) is 0.745. The molecule has 0 bridgehead atoms. The molecule has 2 nitrogen and oxygen atoms in total. The molecule has 2 heteroatoms. The highest BCUT2D eigenvalue weighted by molar-refractivity contribution is 5.33. The van der Waals surface area contributed by atoms with Crippen molar-refractivity contribution in [2.24, 2.45) is 5.92 Å². The highest BCUT2D eigenvalue weighted by Gasteiger charge is 2.14. The fraction of sp³-hybridized carbons (Fsp3) is 0.647. The SMILES string of the molecule is CC(C)Oc1ccccc1CNCCC1CCCC1. The third-order valence-electron chi connectivity index (χ3n) is 3.85. The molecule has 0 spiro atoms. The lowest BCUT2D eigenvalue weighted by Crippen LogP contribution is -2.18. The lowest BCUT2D eigenvalue weighted by Gasteiger charge is -2.15. The summed E-state index contributed by atoms with van der Waals surface area (Å²) in [6.45, 7) is 6.19. The van der Waals surface area contributed by atoms with Gasteiger partial charge in [0.15, 0.2) is 0 Å². The molecule has 0 heterocycles. The van der Waals surface area contributed by atoms with Gasteiger partial charge in [0.2, 0.25) is 0 Å². The van der Waals surface area contributed by atoms with E-state index in [4.69, 9.17) is 4.74 Å². The lowest BCUT2D eigenvalue weighted by molar-refractivity contribution is 0.239. The standard InChI is InChI=1S/C17H27NO/c1-14(2)19-17-10-6-5-9-16(17)13-18-12-11-15-7-3-4-8-15/h5-6,9-10,14-15,18H,3-4,7-8,11-13H2,1-2H3. The Hall–Kier alpha value is -1.02. The lowest BCUT2D eigenvalue weighted by atomic mass is 10.0. The van der Waals surface area contributed by atoms with E-state index in [-0.39, 0.29) is 6.10 Å². The zero-order valence-corrected chi connectivity index (χ0v) is 12.3. The maximum absolute atomic E-state index is 5.84. The van der Waals surface area contributed by atoms with Crippen LogP contribution in [0.5, 0.6) is 5.75 Å². The van der Waals surface area contributed by atoms with Crippen molar-refractivity contribution in [3.63, 3.8) is 0 Å². The van der Waals surface area contributed by atoms with Crippen LogP contribution in [0.3, 0.4) is 0 Å². The van der Waals surface area contributed by atoms with Crippen LogP contribution in [0.25, 0.3) is 0 Å². The molecular formula is C17H27NO. The Balaban J connectivity index is 1.75. The fourth-order valence-electron chi connectivity index (χ4n) is 2.85. The molecule has 0 saturated heterocycles. The number of rotatable bonds is 7. The first-order valence-electron chi connectivity index (χ1n) is 7.71. The average Bonchev–Trinajstić information content (AvgIpc) is 2.89. The normalized spacial score (nSPS) is 16.2. The molecule has 19 heavy (non-hydrogen) atoms. The predicted octanol–water partition coefficient (Wildman–Crippen LogP) is 4.14. The molecule has 1 N–H and O–H groups in total. The van der Waals surface area contributed by atoms with Crippen molar-refractivity contribution in [1.29, 1.82) is 0 Å². The van der Waals surface area contributed by atoms with Crippen molar-refractivity contribution in [2.45, 2.75) is 58.6 Å². The van der Waals surface area contributed by atoms with Gasteiger partial charge in [0.1, 0.15) is 5.75 Å². The van der Waals surface area contributed by atoms with Crippen LogP contribution in [0, 0.1) is 5.92 Å². The van der Waals surface area contributed by atoms with Crippen LogP contribution in [-0.4, -0.2) is 12.6 Å². The van der Waals surface area contributed by atoms with Gasteiger partial charge in [-0.05, 0) is 38.8 Å². The van der Waals surface area contributed by atoms with Gasteiger partial charge in [-0.3, -0.25) is 0 Å². The van der Waals surface area contributed by atoms with Crippen LogP contribution in [0.4, 0.5) is 0 Å². The van der Waals surface area contributed by atoms with Gasteiger partial charge in [-0.1, -0.05) is 43.9 Å². The maximum atomic E-state index is 5.84. The zero-order valence-electron chi connectivity index (χ0n) is 12.3. The summed E-state index contributed by atoms with van der Waals surface area (Å²) in [4.78, 5) is 0. The molecule has 0 atom stereocenters. The summed E-state index contributed by atoms with van der Waals surface area (Å²) in [6.07, 6.45) is 7.32. The molecular weight excluding hydrogens is 234 g/mol. The van der Waals surface area contributed by atoms with Crippen molar-refractivity contribution in [3.8, 4) is 5.75 Å². The molecule has 0 aromatic heterocycles. The minimum atomic E-state index is 0.236. The van der Waals surface area contributed by atoms with Crippen LogP contribution >= 0.6 is 0 Å². The van der Waals surface area contributed by atoms with Gasteiger partial charge >= 0.3 is 0 Å². The number of nitrogens with one attached hydrogen (secondary N) is 1. The molecule has 0 radical (unpaired) electrons. The summed E-state index contributed by atoms with van der Waals surface area (Å²) in [5.41, 5.74) is 1.27. The van der Waals surface area contributed by atoms with Crippen LogP contribution in [0.2, 0.25) is 0 Å². The molecule has 1 aromatic rings. The van der Waals surface area contributed by atoms with E-state index in [0.717, 1.165) is 24.8 Å². The largest absolute Gasteiger partial charge is 0.491 e. The maximum Gasteiger partial charge on any atom is 0.124 e. The molecule has 106 valence electrons. The van der Waals surface area contributed by atoms with Crippen molar-refractivity contribution >= 4 is 0 Å². The molecule has 0 amide bonds. The summed E-state index contributed by atoms with van der Waals surface area (Å²) in [6, 6.07) is 8.34. The molecule has 0 aliphatic heterocycles. The van der Waals surface area contributed by atoms with Crippen LogP contribution in [0.1, 0.15) is 51.5 Å². The van der Waals surface area contributed by atoms with E-state index in [9.17, 15) is 0 Å². The Labute approximate surface area is 117 Å². The van der Waals surface area contributed by atoms with Crippen LogP contribution in [0.15, 0.2) is 24.3 Å². The highest BCUT2D eigenvalue weighted by atomic mass is 16.5. The number of para-hydroxylation sites is 1. The Morgan fingerprint density at radius 2 is 1.95 bits per heavy atom. The van der Waals surface area contributed by atoms with Gasteiger partial charge in [-0.2, -0.15) is 0 Å². The van der Waals surface area contributed by atoms with Gasteiger partial charge in [0.25, 0.3) is 0 Å².